The molecule has 0 saturated carbocycles. The molecule has 1 rings (SSSR count). The molecule has 120 valence electrons. The van der Waals surface area contributed by atoms with Crippen molar-refractivity contribution in [3.63, 3.8) is 0 Å². The van der Waals surface area contributed by atoms with Crippen molar-refractivity contribution < 1.29 is 9.47 Å². The Kier molecular flexibility index (Phi) is 6.76. The van der Waals surface area contributed by atoms with Crippen LogP contribution in [-0.2, 0) is 28.1 Å². The summed E-state index contributed by atoms with van der Waals surface area (Å²) in [5.74, 6) is 0. The van der Waals surface area contributed by atoms with Crippen LogP contribution in [0.5, 0.6) is 0 Å². The number of hydrogen-bond acceptors (Lipinski definition) is 3. The van der Waals surface area contributed by atoms with Crippen LogP contribution in [0.15, 0.2) is 17.0 Å². The van der Waals surface area contributed by atoms with Gasteiger partial charge in [0, 0.05) is 4.90 Å². The van der Waals surface area contributed by atoms with Gasteiger partial charge in [0.15, 0.2) is 0 Å². The molecule has 0 spiro atoms. The molecule has 0 aliphatic carbocycles. The Labute approximate surface area is 135 Å². The van der Waals surface area contributed by atoms with Crippen molar-refractivity contribution in [2.24, 2.45) is 0 Å². The molecule has 0 unspecified atom stereocenters. The molecule has 0 atom stereocenters. The van der Waals surface area contributed by atoms with E-state index in [4.69, 9.17) is 22.1 Å². The van der Waals surface area contributed by atoms with Gasteiger partial charge < -0.3 is 9.47 Å². The summed E-state index contributed by atoms with van der Waals surface area (Å²) < 4.78 is 11.5. The highest BCUT2D eigenvalue weighted by Crippen LogP contribution is 2.30. The Morgan fingerprint density at radius 1 is 0.905 bits per heavy atom. The second-order valence-corrected chi connectivity index (χ2v) is 7.56. The van der Waals surface area contributed by atoms with Gasteiger partial charge in [-0.25, -0.2) is 0 Å². The Morgan fingerprint density at radius 2 is 1.29 bits per heavy atom. The molecule has 0 heterocycles. The van der Waals surface area contributed by atoms with Gasteiger partial charge in [-0.2, -0.15) is 0 Å². The topological polar surface area (TPSA) is 18.5 Å². The van der Waals surface area contributed by atoms with Gasteiger partial charge in [-0.1, -0.05) is 32.9 Å². The number of benzene rings is 1. The Bertz CT molecular complexity index is 426. The third-order valence-corrected chi connectivity index (χ3v) is 3.85. The van der Waals surface area contributed by atoms with Crippen LogP contribution in [0.4, 0.5) is 0 Å². The zero-order chi connectivity index (χ0) is 16.2. The molecule has 2 nitrogen and oxygen atoms in total. The van der Waals surface area contributed by atoms with Gasteiger partial charge in [0.2, 0.25) is 0 Å². The smallest absolute Gasteiger partial charge is 0.0731 e. The molecule has 0 saturated heterocycles. The molecule has 1 aromatic rings. The summed E-state index contributed by atoms with van der Waals surface area (Å²) in [6.07, 6.45) is 0.429. The van der Waals surface area contributed by atoms with Crippen molar-refractivity contribution in [1.29, 1.82) is 0 Å². The summed E-state index contributed by atoms with van der Waals surface area (Å²) in [6, 6.07) is 4.42. The van der Waals surface area contributed by atoms with Crippen LogP contribution in [0, 0.1) is 0 Å². The fourth-order valence-corrected chi connectivity index (χ4v) is 2.18. The zero-order valence-electron chi connectivity index (χ0n) is 14.5. The number of ether oxygens (including phenoxy) is 2. The molecular weight excluding hydrogens is 280 g/mol. The molecule has 0 amide bonds. The molecule has 0 fully saturated rings. The van der Waals surface area contributed by atoms with E-state index in [9.17, 15) is 0 Å². The molecule has 3 heteroatoms. The average molecular weight is 311 g/mol. The van der Waals surface area contributed by atoms with E-state index in [-0.39, 0.29) is 17.6 Å². The number of hydrogen-bond donors (Lipinski definition) is 1. The van der Waals surface area contributed by atoms with Crippen LogP contribution >= 0.6 is 12.6 Å². The predicted molar refractivity (Wildman–Crippen MR) is 92.2 cm³/mol. The van der Waals surface area contributed by atoms with E-state index in [1.807, 2.05) is 0 Å². The maximum Gasteiger partial charge on any atom is 0.0731 e. The van der Waals surface area contributed by atoms with E-state index in [0.29, 0.717) is 13.2 Å². The molecule has 0 N–H and O–H groups in total. The van der Waals surface area contributed by atoms with Crippen molar-refractivity contribution in [2.75, 3.05) is 0 Å². The second kappa shape index (κ2) is 7.66. The summed E-state index contributed by atoms with van der Waals surface area (Å²) in [5, 5.41) is 0. The van der Waals surface area contributed by atoms with Crippen molar-refractivity contribution in [3.8, 4) is 0 Å². The normalized spacial score (nSPS) is 12.5. The van der Waals surface area contributed by atoms with E-state index in [2.05, 4.69) is 60.6 Å². The van der Waals surface area contributed by atoms with E-state index < -0.39 is 0 Å². The SMILES string of the molecule is CC(C)OCc1cc(C(C)(C)C)cc(COC(C)C)c1S. The third kappa shape index (κ3) is 6.01. The predicted octanol–water partition coefficient (Wildman–Crippen LogP) is 5.12. The van der Waals surface area contributed by atoms with Crippen LogP contribution < -0.4 is 0 Å². The van der Waals surface area contributed by atoms with Gasteiger partial charge in [0.05, 0.1) is 25.4 Å². The van der Waals surface area contributed by atoms with Gasteiger partial charge in [-0.15, -0.1) is 12.6 Å². The largest absolute Gasteiger partial charge is 0.374 e. The lowest BCUT2D eigenvalue weighted by atomic mass is 9.85. The third-order valence-electron chi connectivity index (χ3n) is 3.28. The summed E-state index contributed by atoms with van der Waals surface area (Å²) in [5.41, 5.74) is 3.68. The average Bonchev–Trinajstić information content (AvgIpc) is 2.34. The van der Waals surface area contributed by atoms with Gasteiger partial charge in [0.1, 0.15) is 0 Å². The quantitative estimate of drug-likeness (QED) is 0.735. The highest BCUT2D eigenvalue weighted by Gasteiger charge is 2.18. The maximum absolute atomic E-state index is 5.77. The van der Waals surface area contributed by atoms with E-state index in [1.54, 1.807) is 0 Å². The Hall–Kier alpha value is -0.510. The first-order valence-electron chi connectivity index (χ1n) is 7.69. The molecule has 1 aromatic carbocycles. The molecule has 21 heavy (non-hydrogen) atoms. The molecular formula is C18H30O2S. The van der Waals surface area contributed by atoms with E-state index in [0.717, 1.165) is 16.0 Å². The fourth-order valence-electron chi connectivity index (χ4n) is 1.93. The van der Waals surface area contributed by atoms with Crippen molar-refractivity contribution in [1.82, 2.24) is 0 Å². The van der Waals surface area contributed by atoms with Gasteiger partial charge in [-0.3, -0.25) is 0 Å². The second-order valence-electron chi connectivity index (χ2n) is 7.11. The van der Waals surface area contributed by atoms with E-state index in [1.165, 1.54) is 5.56 Å². The van der Waals surface area contributed by atoms with Gasteiger partial charge in [0.25, 0.3) is 0 Å². The molecule has 0 aliphatic rings. The van der Waals surface area contributed by atoms with Crippen LogP contribution in [0.25, 0.3) is 0 Å². The van der Waals surface area contributed by atoms with E-state index >= 15 is 0 Å². The van der Waals surface area contributed by atoms with Gasteiger partial charge >= 0.3 is 0 Å². The van der Waals surface area contributed by atoms with Crippen molar-refractivity contribution in [2.45, 2.75) is 84.2 Å². The fraction of sp³-hybridized carbons (Fsp3) is 0.667. The first-order valence-corrected chi connectivity index (χ1v) is 8.14. The highest BCUT2D eigenvalue weighted by atomic mass is 32.1. The minimum absolute atomic E-state index is 0.0979. The summed E-state index contributed by atoms with van der Waals surface area (Å²) in [7, 11) is 0. The lowest BCUT2D eigenvalue weighted by Gasteiger charge is -2.23. The first kappa shape index (κ1) is 18.5. The lowest BCUT2D eigenvalue weighted by molar-refractivity contribution is 0.0599. The summed E-state index contributed by atoms with van der Waals surface area (Å²) in [6.45, 7) is 16.1. The molecule has 0 aromatic heterocycles. The first-order chi connectivity index (χ1) is 9.61. The lowest BCUT2D eigenvalue weighted by Crippen LogP contribution is -2.14. The standard InChI is InChI=1S/C18H30O2S/c1-12(2)19-10-14-8-16(18(5,6)7)9-15(17(14)21)11-20-13(3)4/h8-9,12-13,21H,10-11H2,1-7H3. The monoisotopic (exact) mass is 310 g/mol. The maximum atomic E-state index is 5.77. The van der Waals surface area contributed by atoms with Crippen LogP contribution in [0.3, 0.4) is 0 Å². The molecule has 0 aliphatic heterocycles. The number of thiol groups is 1. The minimum atomic E-state index is 0.0979. The van der Waals surface area contributed by atoms with Crippen LogP contribution in [0.1, 0.15) is 65.2 Å². The van der Waals surface area contributed by atoms with Crippen LogP contribution in [0.2, 0.25) is 0 Å². The zero-order valence-corrected chi connectivity index (χ0v) is 15.4. The highest BCUT2D eigenvalue weighted by molar-refractivity contribution is 7.80. The van der Waals surface area contributed by atoms with Crippen LogP contribution in [-0.4, -0.2) is 12.2 Å². The Balaban J connectivity index is 3.13. The Morgan fingerprint density at radius 3 is 1.57 bits per heavy atom. The minimum Gasteiger partial charge on any atom is -0.374 e. The molecule has 0 bridgehead atoms. The molecule has 0 radical (unpaired) electrons. The number of rotatable bonds is 6. The van der Waals surface area contributed by atoms with Crippen molar-refractivity contribution >= 4 is 12.6 Å². The van der Waals surface area contributed by atoms with Crippen molar-refractivity contribution in [3.05, 3.63) is 28.8 Å². The van der Waals surface area contributed by atoms with Gasteiger partial charge in [-0.05, 0) is 49.8 Å². The summed E-state index contributed by atoms with van der Waals surface area (Å²) in [4.78, 5) is 0.990. The summed E-state index contributed by atoms with van der Waals surface area (Å²) >= 11 is 4.70.